The van der Waals surface area contributed by atoms with E-state index >= 15 is 0 Å². The van der Waals surface area contributed by atoms with Gasteiger partial charge in [0.15, 0.2) is 0 Å². The monoisotopic (exact) mass is 224 g/mol. The summed E-state index contributed by atoms with van der Waals surface area (Å²) in [5.41, 5.74) is 0.573. The molecular weight excluding hydrogens is 204 g/mol. The number of carbonyl (C=O) groups is 1. The van der Waals surface area contributed by atoms with E-state index in [0.717, 1.165) is 5.56 Å². The Hall–Kier alpha value is -1.35. The van der Waals surface area contributed by atoms with Gasteiger partial charge in [-0.1, -0.05) is 29.8 Å². The van der Waals surface area contributed by atoms with Crippen LogP contribution in [0.3, 0.4) is 0 Å². The lowest BCUT2D eigenvalue weighted by Gasteiger charge is -2.16. The maximum absolute atomic E-state index is 11.7. The van der Waals surface area contributed by atoms with Crippen molar-refractivity contribution >= 4 is 5.97 Å². The Morgan fingerprint density at radius 1 is 1.31 bits per heavy atom. The van der Waals surface area contributed by atoms with E-state index in [-0.39, 0.29) is 5.56 Å². The van der Waals surface area contributed by atoms with Gasteiger partial charge in [0.2, 0.25) is 0 Å². The number of hydrogen-bond acceptors (Lipinski definition) is 3. The molecule has 3 nitrogen and oxygen atoms in total. The zero-order valence-electron chi connectivity index (χ0n) is 12.0. The van der Waals surface area contributed by atoms with Crippen LogP contribution in [0.15, 0.2) is 24.3 Å². The molecule has 88 valence electrons. The Morgan fingerprint density at radius 2 is 1.88 bits per heavy atom. The molecule has 1 aromatic carbocycles. The van der Waals surface area contributed by atoms with Crippen LogP contribution in [-0.2, 0) is 20.9 Å². The third-order valence-electron chi connectivity index (χ3n) is 1.67. The lowest BCUT2D eigenvalue weighted by Crippen LogP contribution is -2.22. The first-order valence-corrected chi connectivity index (χ1v) is 5.10. The van der Waals surface area contributed by atoms with Gasteiger partial charge in [-0.05, 0) is 33.3 Å². The lowest BCUT2D eigenvalue weighted by molar-refractivity contribution is -0.320. The van der Waals surface area contributed by atoms with E-state index in [1.165, 1.54) is 0 Å². The van der Waals surface area contributed by atoms with Gasteiger partial charge in [-0.25, -0.2) is 4.79 Å². The van der Waals surface area contributed by atoms with E-state index in [1.54, 1.807) is 45.0 Å². The first-order chi connectivity index (χ1) is 8.13. The van der Waals surface area contributed by atoms with Gasteiger partial charge in [-0.3, -0.25) is 4.89 Å². The third-order valence-corrected chi connectivity index (χ3v) is 1.67. The molecule has 0 aliphatic heterocycles. The predicted octanol–water partition coefficient (Wildman–Crippen LogP) is 2.81. The Balaban J connectivity index is 2.79. The van der Waals surface area contributed by atoms with Crippen LogP contribution in [0.1, 0.15) is 34.6 Å². The molecule has 1 aromatic rings. The first kappa shape index (κ1) is 9.85. The summed E-state index contributed by atoms with van der Waals surface area (Å²) in [7, 11) is 0. The molecule has 0 aliphatic carbocycles. The smallest absolute Gasteiger partial charge is 0.297 e. The summed E-state index contributed by atoms with van der Waals surface area (Å²) in [5.74, 6) is -1.05. The molecular formula is C13H18O3. The van der Waals surface area contributed by atoms with Crippen molar-refractivity contribution in [1.29, 1.82) is 0 Å². The normalized spacial score (nSPS) is 14.0. The summed E-state index contributed by atoms with van der Waals surface area (Å²) in [6.45, 7) is 7.02. The average Bonchev–Trinajstić information content (AvgIpc) is 2.25. The highest BCUT2D eigenvalue weighted by Crippen LogP contribution is 2.09. The fraction of sp³-hybridized carbons (Fsp3) is 0.462. The molecule has 16 heavy (non-hydrogen) atoms. The van der Waals surface area contributed by atoms with Crippen LogP contribution in [0.25, 0.3) is 0 Å². The standard InChI is InChI=1S/C13H18O3/c1-10-5-7-11(8-6-10)9-12(14)15-16-13(2,3)4/h5-8H,9H2,1-4H3/i9D2. The van der Waals surface area contributed by atoms with Crippen molar-refractivity contribution in [2.24, 2.45) is 0 Å². The van der Waals surface area contributed by atoms with E-state index in [1.807, 2.05) is 6.92 Å². The maximum atomic E-state index is 11.7. The van der Waals surface area contributed by atoms with Crippen molar-refractivity contribution in [1.82, 2.24) is 0 Å². The molecule has 0 fully saturated rings. The maximum Gasteiger partial charge on any atom is 0.346 e. The Bertz CT molecular complexity index is 419. The zero-order valence-corrected chi connectivity index (χ0v) is 10.0. The minimum Gasteiger partial charge on any atom is -0.297 e. The van der Waals surface area contributed by atoms with Gasteiger partial charge in [0, 0.05) is 2.74 Å². The van der Waals surface area contributed by atoms with Gasteiger partial charge in [0.1, 0.15) is 5.60 Å². The van der Waals surface area contributed by atoms with Gasteiger partial charge in [-0.15, -0.1) is 0 Å². The molecule has 0 amide bonds. The van der Waals surface area contributed by atoms with Crippen molar-refractivity contribution < 1.29 is 17.3 Å². The Kier molecular flexibility index (Phi) is 3.15. The van der Waals surface area contributed by atoms with Crippen molar-refractivity contribution in [2.45, 2.75) is 39.7 Å². The minimum atomic E-state index is -2.22. The van der Waals surface area contributed by atoms with Crippen LogP contribution in [0, 0.1) is 6.92 Å². The molecule has 0 heterocycles. The van der Waals surface area contributed by atoms with Crippen molar-refractivity contribution in [2.75, 3.05) is 0 Å². The SMILES string of the molecule is [2H]C([2H])(C(=O)OOC(C)(C)C)c1ccc(C)cc1. The number of aryl methyl sites for hydroxylation is 1. The Morgan fingerprint density at radius 3 is 2.38 bits per heavy atom. The van der Waals surface area contributed by atoms with Crippen LogP contribution in [0.2, 0.25) is 0 Å². The second-order valence-electron chi connectivity index (χ2n) is 4.56. The van der Waals surface area contributed by atoms with Crippen LogP contribution >= 0.6 is 0 Å². The highest BCUT2D eigenvalue weighted by atomic mass is 17.2. The quantitative estimate of drug-likeness (QED) is 0.585. The molecule has 0 aliphatic rings. The van der Waals surface area contributed by atoms with Crippen LogP contribution in [0.5, 0.6) is 0 Å². The van der Waals surface area contributed by atoms with E-state index in [9.17, 15) is 4.79 Å². The molecule has 0 N–H and O–H groups in total. The summed E-state index contributed by atoms with van der Waals surface area (Å²) < 4.78 is 15.5. The third kappa shape index (κ3) is 4.94. The molecule has 0 bridgehead atoms. The second-order valence-corrected chi connectivity index (χ2v) is 4.56. The van der Waals surface area contributed by atoms with Gasteiger partial charge in [0.25, 0.3) is 0 Å². The molecule has 0 saturated carbocycles. The lowest BCUT2D eigenvalue weighted by atomic mass is 10.1. The van der Waals surface area contributed by atoms with Gasteiger partial charge >= 0.3 is 5.97 Å². The number of carbonyl (C=O) groups excluding carboxylic acids is 1. The fourth-order valence-corrected chi connectivity index (χ4v) is 0.938. The summed E-state index contributed by atoms with van der Waals surface area (Å²) in [6, 6.07) is 6.61. The van der Waals surface area contributed by atoms with Crippen molar-refractivity contribution in [3.05, 3.63) is 35.4 Å². The van der Waals surface area contributed by atoms with Gasteiger partial charge in [-0.2, -0.15) is 4.89 Å². The molecule has 1 rings (SSSR count). The fourth-order valence-electron chi connectivity index (χ4n) is 0.938. The number of benzene rings is 1. The van der Waals surface area contributed by atoms with Crippen molar-refractivity contribution in [3.8, 4) is 0 Å². The summed E-state index contributed by atoms with van der Waals surface area (Å²) in [4.78, 5) is 21.0. The first-order valence-electron chi connectivity index (χ1n) is 6.10. The zero-order chi connectivity index (χ0) is 14.0. The number of rotatable bonds is 3. The summed E-state index contributed by atoms with van der Waals surface area (Å²) in [6.07, 6.45) is -2.22. The topological polar surface area (TPSA) is 35.5 Å². The van der Waals surface area contributed by atoms with E-state index in [4.69, 9.17) is 7.63 Å². The molecule has 0 aromatic heterocycles. The molecule has 0 radical (unpaired) electrons. The van der Waals surface area contributed by atoms with Crippen LogP contribution in [0.4, 0.5) is 0 Å². The average molecular weight is 224 g/mol. The van der Waals surface area contributed by atoms with E-state index < -0.39 is 17.9 Å². The summed E-state index contributed by atoms with van der Waals surface area (Å²) in [5, 5.41) is 0. The molecule has 0 unspecified atom stereocenters. The van der Waals surface area contributed by atoms with E-state index in [0.29, 0.717) is 0 Å². The highest BCUT2D eigenvalue weighted by Gasteiger charge is 2.15. The van der Waals surface area contributed by atoms with E-state index in [2.05, 4.69) is 4.89 Å². The Labute approximate surface area is 99.1 Å². The summed E-state index contributed by atoms with van der Waals surface area (Å²) >= 11 is 0. The highest BCUT2D eigenvalue weighted by molar-refractivity contribution is 5.71. The molecule has 3 heteroatoms. The van der Waals surface area contributed by atoms with Crippen LogP contribution < -0.4 is 0 Å². The molecule has 0 spiro atoms. The van der Waals surface area contributed by atoms with Gasteiger partial charge in [0.05, 0.1) is 6.37 Å². The predicted molar refractivity (Wildman–Crippen MR) is 61.8 cm³/mol. The largest absolute Gasteiger partial charge is 0.346 e. The number of hydrogen-bond donors (Lipinski definition) is 0. The van der Waals surface area contributed by atoms with Crippen LogP contribution in [-0.4, -0.2) is 11.6 Å². The van der Waals surface area contributed by atoms with Crippen molar-refractivity contribution in [3.63, 3.8) is 0 Å². The van der Waals surface area contributed by atoms with Gasteiger partial charge < -0.3 is 0 Å². The second kappa shape index (κ2) is 5.12. The molecule has 0 saturated heterocycles. The minimum absolute atomic E-state index is 0.246. The molecule has 0 atom stereocenters.